The summed E-state index contributed by atoms with van der Waals surface area (Å²) in [6.07, 6.45) is 3.72. The van der Waals surface area contributed by atoms with Crippen LogP contribution in [0.15, 0.2) is 24.3 Å². The minimum absolute atomic E-state index is 0.148. The van der Waals surface area contributed by atoms with Crippen LogP contribution in [0.1, 0.15) is 54.9 Å². The highest BCUT2D eigenvalue weighted by Crippen LogP contribution is 2.36. The maximum atomic E-state index is 12.1. The SMILES string of the molecule is CC(C)[C@H](NC(=O)c1ccc(C2CCC2)cc1)C(=O)O. The van der Waals surface area contributed by atoms with Crippen molar-refractivity contribution in [3.8, 4) is 0 Å². The van der Waals surface area contributed by atoms with Gasteiger partial charge in [-0.25, -0.2) is 4.79 Å². The highest BCUT2D eigenvalue weighted by Gasteiger charge is 2.24. The number of rotatable bonds is 5. The van der Waals surface area contributed by atoms with Gasteiger partial charge >= 0.3 is 5.97 Å². The molecule has 1 aliphatic carbocycles. The van der Waals surface area contributed by atoms with E-state index in [4.69, 9.17) is 5.11 Å². The molecule has 4 heteroatoms. The zero-order chi connectivity index (χ0) is 14.7. The molecule has 1 aromatic carbocycles. The first-order valence-electron chi connectivity index (χ1n) is 7.12. The van der Waals surface area contributed by atoms with Crippen LogP contribution in [0.4, 0.5) is 0 Å². The Bertz CT molecular complexity index is 489. The van der Waals surface area contributed by atoms with Crippen molar-refractivity contribution in [1.82, 2.24) is 5.32 Å². The van der Waals surface area contributed by atoms with E-state index in [2.05, 4.69) is 5.32 Å². The van der Waals surface area contributed by atoms with Crippen LogP contribution in [0, 0.1) is 5.92 Å². The summed E-state index contributed by atoms with van der Waals surface area (Å²) in [4.78, 5) is 23.1. The van der Waals surface area contributed by atoms with E-state index in [1.54, 1.807) is 26.0 Å². The Kier molecular flexibility index (Phi) is 4.42. The van der Waals surface area contributed by atoms with Crippen molar-refractivity contribution in [3.05, 3.63) is 35.4 Å². The summed E-state index contributed by atoms with van der Waals surface area (Å²) >= 11 is 0. The van der Waals surface area contributed by atoms with E-state index in [9.17, 15) is 9.59 Å². The molecule has 0 bridgehead atoms. The lowest BCUT2D eigenvalue weighted by molar-refractivity contribution is -0.140. The maximum Gasteiger partial charge on any atom is 0.326 e. The van der Waals surface area contributed by atoms with E-state index in [1.807, 2.05) is 12.1 Å². The van der Waals surface area contributed by atoms with Crippen molar-refractivity contribution >= 4 is 11.9 Å². The van der Waals surface area contributed by atoms with E-state index in [0.29, 0.717) is 11.5 Å². The summed E-state index contributed by atoms with van der Waals surface area (Å²) in [7, 11) is 0. The molecule has 0 heterocycles. The van der Waals surface area contributed by atoms with Crippen molar-refractivity contribution < 1.29 is 14.7 Å². The summed E-state index contributed by atoms with van der Waals surface area (Å²) < 4.78 is 0. The predicted molar refractivity (Wildman–Crippen MR) is 76.8 cm³/mol. The van der Waals surface area contributed by atoms with E-state index in [1.165, 1.54) is 24.8 Å². The van der Waals surface area contributed by atoms with Gasteiger partial charge in [-0.1, -0.05) is 32.4 Å². The molecule has 2 N–H and O–H groups in total. The first kappa shape index (κ1) is 14.6. The molecule has 1 fully saturated rings. The molecule has 0 radical (unpaired) electrons. The van der Waals surface area contributed by atoms with Crippen LogP contribution in [-0.2, 0) is 4.79 Å². The second-order valence-corrected chi connectivity index (χ2v) is 5.78. The Balaban J connectivity index is 2.03. The molecule has 0 unspecified atom stereocenters. The fraction of sp³-hybridized carbons (Fsp3) is 0.500. The summed E-state index contributed by atoms with van der Waals surface area (Å²) in [5.74, 6) is -0.842. The van der Waals surface area contributed by atoms with Gasteiger partial charge in [0.15, 0.2) is 0 Å². The van der Waals surface area contributed by atoms with Crippen molar-refractivity contribution in [1.29, 1.82) is 0 Å². The standard InChI is InChI=1S/C16H21NO3/c1-10(2)14(16(19)20)17-15(18)13-8-6-12(7-9-13)11-4-3-5-11/h6-11,14H,3-5H2,1-2H3,(H,17,18)(H,19,20)/t14-/m0/s1. The molecule has 1 aromatic rings. The molecule has 4 nitrogen and oxygen atoms in total. The third kappa shape index (κ3) is 3.18. The molecule has 1 amide bonds. The van der Waals surface area contributed by atoms with E-state index in [0.717, 1.165) is 0 Å². The number of aliphatic carboxylic acids is 1. The van der Waals surface area contributed by atoms with Crippen LogP contribution in [-0.4, -0.2) is 23.0 Å². The normalized spacial score (nSPS) is 16.6. The summed E-state index contributed by atoms with van der Waals surface area (Å²) in [5.41, 5.74) is 1.78. The molecule has 0 saturated heterocycles. The number of hydrogen-bond donors (Lipinski definition) is 2. The first-order valence-corrected chi connectivity index (χ1v) is 7.12. The lowest BCUT2D eigenvalue weighted by Crippen LogP contribution is -2.44. The molecule has 0 aliphatic heterocycles. The number of carboxylic acid groups (broad SMARTS) is 1. The number of hydrogen-bond acceptors (Lipinski definition) is 2. The highest BCUT2D eigenvalue weighted by atomic mass is 16.4. The molecule has 108 valence electrons. The van der Waals surface area contributed by atoms with Gasteiger partial charge in [0.2, 0.25) is 0 Å². The third-order valence-corrected chi connectivity index (χ3v) is 3.97. The molecular weight excluding hydrogens is 254 g/mol. The first-order chi connectivity index (χ1) is 9.49. The topological polar surface area (TPSA) is 66.4 Å². The smallest absolute Gasteiger partial charge is 0.326 e. The van der Waals surface area contributed by atoms with Gasteiger partial charge in [0.1, 0.15) is 6.04 Å². The van der Waals surface area contributed by atoms with Crippen molar-refractivity contribution in [2.75, 3.05) is 0 Å². The van der Waals surface area contributed by atoms with E-state index >= 15 is 0 Å². The van der Waals surface area contributed by atoms with Gasteiger partial charge in [-0.2, -0.15) is 0 Å². The van der Waals surface area contributed by atoms with Gasteiger partial charge in [0.25, 0.3) is 5.91 Å². The van der Waals surface area contributed by atoms with Gasteiger partial charge in [-0.15, -0.1) is 0 Å². The Morgan fingerprint density at radius 3 is 2.20 bits per heavy atom. The molecule has 1 aliphatic rings. The Morgan fingerprint density at radius 2 is 1.80 bits per heavy atom. The van der Waals surface area contributed by atoms with Crippen molar-refractivity contribution in [2.24, 2.45) is 5.92 Å². The number of benzene rings is 1. The monoisotopic (exact) mass is 275 g/mol. The summed E-state index contributed by atoms with van der Waals surface area (Å²) in [5, 5.41) is 11.7. The lowest BCUT2D eigenvalue weighted by Gasteiger charge is -2.25. The zero-order valence-electron chi connectivity index (χ0n) is 11.9. The average Bonchev–Trinajstić information content (AvgIpc) is 2.33. The van der Waals surface area contributed by atoms with Crippen LogP contribution in [0.2, 0.25) is 0 Å². The number of amides is 1. The number of carbonyl (C=O) groups excluding carboxylic acids is 1. The van der Waals surface area contributed by atoms with Crippen LogP contribution >= 0.6 is 0 Å². The largest absolute Gasteiger partial charge is 0.480 e. The molecule has 1 atom stereocenters. The minimum atomic E-state index is -1.00. The Hall–Kier alpha value is -1.84. The van der Waals surface area contributed by atoms with Crippen molar-refractivity contribution in [3.63, 3.8) is 0 Å². The molecule has 20 heavy (non-hydrogen) atoms. The minimum Gasteiger partial charge on any atom is -0.480 e. The van der Waals surface area contributed by atoms with E-state index in [-0.39, 0.29) is 11.8 Å². The average molecular weight is 275 g/mol. The second kappa shape index (κ2) is 6.07. The number of carbonyl (C=O) groups is 2. The molecule has 0 aromatic heterocycles. The van der Waals surface area contributed by atoms with Crippen LogP contribution < -0.4 is 5.32 Å². The Morgan fingerprint density at radius 1 is 1.20 bits per heavy atom. The fourth-order valence-corrected chi connectivity index (χ4v) is 2.39. The number of carboxylic acids is 1. The summed E-state index contributed by atoms with van der Waals surface area (Å²) in [6.45, 7) is 3.55. The number of nitrogens with one attached hydrogen (secondary N) is 1. The van der Waals surface area contributed by atoms with E-state index < -0.39 is 12.0 Å². The predicted octanol–water partition coefficient (Wildman–Crippen LogP) is 2.79. The quantitative estimate of drug-likeness (QED) is 0.868. The Labute approximate surface area is 119 Å². The zero-order valence-corrected chi connectivity index (χ0v) is 11.9. The van der Waals surface area contributed by atoms with Gasteiger partial charge in [0.05, 0.1) is 0 Å². The molecule has 1 saturated carbocycles. The van der Waals surface area contributed by atoms with Crippen LogP contribution in [0.3, 0.4) is 0 Å². The molecule has 0 spiro atoms. The lowest BCUT2D eigenvalue weighted by atomic mass is 9.80. The highest BCUT2D eigenvalue weighted by molar-refractivity contribution is 5.96. The third-order valence-electron chi connectivity index (χ3n) is 3.97. The van der Waals surface area contributed by atoms with Gasteiger partial charge in [0, 0.05) is 5.56 Å². The maximum absolute atomic E-state index is 12.1. The molecule has 2 rings (SSSR count). The van der Waals surface area contributed by atoms with Gasteiger partial charge in [-0.3, -0.25) is 4.79 Å². The van der Waals surface area contributed by atoms with Crippen molar-refractivity contribution in [2.45, 2.75) is 45.1 Å². The van der Waals surface area contributed by atoms with Crippen LogP contribution in [0.25, 0.3) is 0 Å². The van der Waals surface area contributed by atoms with Gasteiger partial charge < -0.3 is 10.4 Å². The van der Waals surface area contributed by atoms with Crippen LogP contribution in [0.5, 0.6) is 0 Å². The van der Waals surface area contributed by atoms with Gasteiger partial charge in [-0.05, 0) is 42.4 Å². The molecular formula is C16H21NO3. The summed E-state index contributed by atoms with van der Waals surface area (Å²) in [6, 6.07) is 6.66. The fourth-order valence-electron chi connectivity index (χ4n) is 2.39. The second-order valence-electron chi connectivity index (χ2n) is 5.78.